The van der Waals surface area contributed by atoms with E-state index in [0.717, 1.165) is 32.3 Å². The molecule has 0 aromatic heterocycles. The van der Waals surface area contributed by atoms with E-state index in [1.54, 1.807) is 0 Å². The number of hydrogen-bond acceptors (Lipinski definition) is 3. The fourth-order valence-electron chi connectivity index (χ4n) is 4.59. The van der Waals surface area contributed by atoms with E-state index < -0.39 is 0 Å². The summed E-state index contributed by atoms with van der Waals surface area (Å²) in [5, 5.41) is 7.11. The molecule has 5 heteroatoms. The molecule has 0 bridgehead atoms. The predicted molar refractivity (Wildman–Crippen MR) is 116 cm³/mol. The van der Waals surface area contributed by atoms with Gasteiger partial charge in [-0.2, -0.15) is 0 Å². The van der Waals surface area contributed by atoms with Gasteiger partial charge in [0.2, 0.25) is 0 Å². The zero-order valence-electron chi connectivity index (χ0n) is 18.0. The van der Waals surface area contributed by atoms with E-state index in [4.69, 9.17) is 4.74 Å². The molecule has 158 valence electrons. The number of aliphatic imine (C=N–C) groups is 1. The number of nitrogens with zero attached hydrogens (tertiary/aromatic N) is 2. The van der Waals surface area contributed by atoms with E-state index in [9.17, 15) is 0 Å². The third-order valence-corrected chi connectivity index (χ3v) is 6.39. The minimum Gasteiger partial charge on any atom is -0.382 e. The molecular weight excluding hydrogens is 336 g/mol. The highest BCUT2D eigenvalue weighted by Crippen LogP contribution is 2.40. The first-order chi connectivity index (χ1) is 13.3. The Balaban J connectivity index is 1.56. The molecule has 0 aromatic rings. The highest BCUT2D eigenvalue weighted by molar-refractivity contribution is 5.79. The molecule has 0 amide bonds. The monoisotopic (exact) mass is 380 g/mol. The second kappa shape index (κ2) is 13.4. The number of nitrogens with one attached hydrogen (secondary N) is 2. The highest BCUT2D eigenvalue weighted by atomic mass is 16.5. The first-order valence-corrected chi connectivity index (χ1v) is 11.5. The third-order valence-electron chi connectivity index (χ3n) is 6.39. The standard InChI is InChI=1S/C22H44N4O/c1-3-27-19-14-22(12-6-7-13-22)20-25-21(23-2)24-15-8-4-9-16-26-17-10-5-11-18-26/h3-20H2,1-2H3,(H2,23,24,25). The van der Waals surface area contributed by atoms with Gasteiger partial charge in [0, 0.05) is 33.4 Å². The molecule has 1 heterocycles. The number of ether oxygens (including phenoxy) is 1. The molecule has 5 nitrogen and oxygen atoms in total. The van der Waals surface area contributed by atoms with Gasteiger partial charge in [-0.25, -0.2) is 0 Å². The van der Waals surface area contributed by atoms with Crippen LogP contribution in [0.15, 0.2) is 4.99 Å². The van der Waals surface area contributed by atoms with Crippen molar-refractivity contribution < 1.29 is 4.74 Å². The molecule has 0 radical (unpaired) electrons. The lowest BCUT2D eigenvalue weighted by Gasteiger charge is -2.30. The van der Waals surface area contributed by atoms with Crippen LogP contribution in [-0.4, -0.2) is 63.8 Å². The normalized spacial score (nSPS) is 20.7. The summed E-state index contributed by atoms with van der Waals surface area (Å²) in [4.78, 5) is 7.06. The second-order valence-corrected chi connectivity index (χ2v) is 8.47. The van der Waals surface area contributed by atoms with Gasteiger partial charge in [-0.05, 0) is 76.9 Å². The molecule has 0 atom stereocenters. The van der Waals surface area contributed by atoms with Crippen LogP contribution in [-0.2, 0) is 4.74 Å². The van der Waals surface area contributed by atoms with Gasteiger partial charge in [0.05, 0.1) is 0 Å². The van der Waals surface area contributed by atoms with Crippen LogP contribution in [0, 0.1) is 5.41 Å². The zero-order chi connectivity index (χ0) is 19.2. The summed E-state index contributed by atoms with van der Waals surface area (Å²) in [6.45, 7) is 9.76. The number of piperidine rings is 1. The average molecular weight is 381 g/mol. The summed E-state index contributed by atoms with van der Waals surface area (Å²) in [6, 6.07) is 0. The van der Waals surface area contributed by atoms with Gasteiger partial charge in [0.15, 0.2) is 5.96 Å². The Hall–Kier alpha value is -0.810. The maximum Gasteiger partial charge on any atom is 0.190 e. The van der Waals surface area contributed by atoms with Crippen LogP contribution in [0.25, 0.3) is 0 Å². The van der Waals surface area contributed by atoms with Crippen LogP contribution in [0.1, 0.15) is 77.6 Å². The van der Waals surface area contributed by atoms with Crippen molar-refractivity contribution in [1.29, 1.82) is 0 Å². The van der Waals surface area contributed by atoms with Crippen molar-refractivity contribution >= 4 is 5.96 Å². The molecular formula is C22H44N4O. The summed E-state index contributed by atoms with van der Waals surface area (Å²) in [5.74, 6) is 0.966. The molecule has 2 N–H and O–H groups in total. The van der Waals surface area contributed by atoms with Gasteiger partial charge < -0.3 is 20.3 Å². The third kappa shape index (κ3) is 8.82. The van der Waals surface area contributed by atoms with E-state index in [1.807, 2.05) is 7.05 Å². The van der Waals surface area contributed by atoms with Crippen LogP contribution >= 0.6 is 0 Å². The summed E-state index contributed by atoms with van der Waals surface area (Å²) in [5.41, 5.74) is 0.404. The fourth-order valence-corrected chi connectivity index (χ4v) is 4.59. The van der Waals surface area contributed by atoms with Crippen LogP contribution in [0.3, 0.4) is 0 Å². The first-order valence-electron chi connectivity index (χ1n) is 11.5. The molecule has 1 saturated carbocycles. The van der Waals surface area contributed by atoms with Gasteiger partial charge in [-0.1, -0.05) is 25.7 Å². The van der Waals surface area contributed by atoms with E-state index in [1.165, 1.54) is 90.3 Å². The minimum absolute atomic E-state index is 0.404. The van der Waals surface area contributed by atoms with Crippen LogP contribution in [0.5, 0.6) is 0 Å². The Morgan fingerprint density at radius 2 is 1.78 bits per heavy atom. The molecule has 1 aliphatic carbocycles. The van der Waals surface area contributed by atoms with Crippen LogP contribution < -0.4 is 10.6 Å². The van der Waals surface area contributed by atoms with Crippen molar-refractivity contribution in [1.82, 2.24) is 15.5 Å². The van der Waals surface area contributed by atoms with Crippen molar-refractivity contribution in [2.24, 2.45) is 10.4 Å². The lowest BCUT2D eigenvalue weighted by atomic mass is 9.83. The summed E-state index contributed by atoms with van der Waals surface area (Å²) in [7, 11) is 1.88. The largest absolute Gasteiger partial charge is 0.382 e. The van der Waals surface area contributed by atoms with E-state index in [0.29, 0.717) is 5.41 Å². The van der Waals surface area contributed by atoms with E-state index in [-0.39, 0.29) is 0 Å². The minimum atomic E-state index is 0.404. The Morgan fingerprint density at radius 3 is 2.48 bits per heavy atom. The molecule has 2 aliphatic rings. The molecule has 0 spiro atoms. The number of guanidine groups is 1. The van der Waals surface area contributed by atoms with Crippen molar-refractivity contribution in [3.63, 3.8) is 0 Å². The predicted octanol–water partition coefficient (Wildman–Crippen LogP) is 3.79. The number of likely N-dealkylation sites (tertiary alicyclic amines) is 1. The van der Waals surface area contributed by atoms with Crippen molar-refractivity contribution in [3.8, 4) is 0 Å². The number of rotatable bonds is 12. The number of hydrogen-bond donors (Lipinski definition) is 2. The molecule has 1 saturated heterocycles. The SMILES string of the molecule is CCOCCC1(CNC(=NC)NCCCCCN2CCCCC2)CCCC1. The topological polar surface area (TPSA) is 48.9 Å². The Kier molecular flexibility index (Phi) is 11.1. The van der Waals surface area contributed by atoms with Gasteiger partial charge in [0.25, 0.3) is 0 Å². The molecule has 0 unspecified atom stereocenters. The van der Waals surface area contributed by atoms with Crippen molar-refractivity contribution in [2.75, 3.05) is 53.0 Å². The average Bonchev–Trinajstić information content (AvgIpc) is 3.17. The Bertz CT molecular complexity index is 401. The lowest BCUT2D eigenvalue weighted by molar-refractivity contribution is 0.105. The van der Waals surface area contributed by atoms with Gasteiger partial charge in [-0.15, -0.1) is 0 Å². The quantitative estimate of drug-likeness (QED) is 0.307. The van der Waals surface area contributed by atoms with E-state index >= 15 is 0 Å². The maximum atomic E-state index is 5.62. The van der Waals surface area contributed by atoms with Crippen LogP contribution in [0.2, 0.25) is 0 Å². The van der Waals surface area contributed by atoms with Gasteiger partial charge in [-0.3, -0.25) is 4.99 Å². The highest BCUT2D eigenvalue weighted by Gasteiger charge is 2.33. The zero-order valence-corrected chi connectivity index (χ0v) is 18.0. The maximum absolute atomic E-state index is 5.62. The summed E-state index contributed by atoms with van der Waals surface area (Å²) in [6.07, 6.45) is 14.6. The number of unbranched alkanes of at least 4 members (excludes halogenated alkanes) is 2. The van der Waals surface area contributed by atoms with E-state index in [2.05, 4.69) is 27.4 Å². The smallest absolute Gasteiger partial charge is 0.190 e. The molecule has 1 aliphatic heterocycles. The lowest BCUT2D eigenvalue weighted by Crippen LogP contribution is -2.43. The van der Waals surface area contributed by atoms with Crippen molar-refractivity contribution in [3.05, 3.63) is 0 Å². The molecule has 0 aromatic carbocycles. The Labute approximate surface area is 167 Å². The Morgan fingerprint density at radius 1 is 1.00 bits per heavy atom. The second-order valence-electron chi connectivity index (χ2n) is 8.47. The molecule has 2 rings (SSSR count). The molecule has 2 fully saturated rings. The molecule has 27 heavy (non-hydrogen) atoms. The van der Waals surface area contributed by atoms with Gasteiger partial charge in [0.1, 0.15) is 0 Å². The van der Waals surface area contributed by atoms with Crippen LogP contribution in [0.4, 0.5) is 0 Å². The van der Waals surface area contributed by atoms with Crippen molar-refractivity contribution in [2.45, 2.75) is 77.6 Å². The fraction of sp³-hybridized carbons (Fsp3) is 0.955. The first kappa shape index (κ1) is 22.5. The van der Waals surface area contributed by atoms with Gasteiger partial charge >= 0.3 is 0 Å². The summed E-state index contributed by atoms with van der Waals surface area (Å²) < 4.78 is 5.62. The summed E-state index contributed by atoms with van der Waals surface area (Å²) >= 11 is 0.